The number of aromatic carboxylic acids is 2. The normalized spacial score (nSPS) is 10.8. The number of carbonyl (C=O) groups excluding carboxylic acids is 2. The molecule has 0 aliphatic carbocycles. The minimum Gasteiger partial charge on any atom is -0.545 e. The molecule has 0 aliphatic rings. The summed E-state index contributed by atoms with van der Waals surface area (Å²) in [6.45, 7) is 8.21. The SMILES string of the molecule is COCCOCCOCCOc1ccc(-c2cc(C)cc3c(-c4ccc(OCCOCCOCCOC)c(C(=O)[O-])c4)cc(C)cc23)cc1C(=O)[O-].[Cs+].[Cs+]. The van der Waals surface area contributed by atoms with Crippen molar-refractivity contribution in [2.24, 2.45) is 0 Å². The predicted octanol–water partition coefficient (Wildman–Crippen LogP) is -2.36. The fourth-order valence-corrected chi connectivity index (χ4v) is 5.54. The van der Waals surface area contributed by atoms with Gasteiger partial charge in [0.05, 0.1) is 78.0 Å². The molecule has 12 nitrogen and oxygen atoms in total. The van der Waals surface area contributed by atoms with Gasteiger partial charge in [-0.3, -0.25) is 0 Å². The van der Waals surface area contributed by atoms with Crippen LogP contribution in [0.15, 0.2) is 60.7 Å². The van der Waals surface area contributed by atoms with E-state index in [4.69, 9.17) is 37.9 Å². The molecule has 0 saturated heterocycles. The molecule has 0 amide bonds. The topological polar surface area (TPSA) is 154 Å². The molecule has 14 heteroatoms. The fourth-order valence-electron chi connectivity index (χ4n) is 5.54. The van der Waals surface area contributed by atoms with Crippen LogP contribution in [0.4, 0.5) is 0 Å². The Hall–Kier alpha value is -0.456. The Balaban J connectivity index is 0.00000504. The van der Waals surface area contributed by atoms with Crippen molar-refractivity contribution in [2.45, 2.75) is 13.8 Å². The zero-order valence-corrected chi connectivity index (χ0v) is 44.7. The number of hydrogen-bond donors (Lipinski definition) is 0. The molecule has 4 rings (SSSR count). The van der Waals surface area contributed by atoms with Crippen LogP contribution in [-0.4, -0.2) is 105 Å². The molecular formula is C40H46Cs2O12. The van der Waals surface area contributed by atoms with Crippen LogP contribution in [0, 0.1) is 13.8 Å². The van der Waals surface area contributed by atoms with Crippen LogP contribution < -0.4 is 157 Å². The number of carboxylic acid groups (broad SMARTS) is 2. The fraction of sp³-hybridized carbons (Fsp3) is 0.400. The second-order valence-electron chi connectivity index (χ2n) is 11.8. The smallest absolute Gasteiger partial charge is 0.545 e. The summed E-state index contributed by atoms with van der Waals surface area (Å²) < 4.78 is 43.1. The molecule has 54 heavy (non-hydrogen) atoms. The summed E-state index contributed by atoms with van der Waals surface area (Å²) >= 11 is 0. The third-order valence-electron chi connectivity index (χ3n) is 7.96. The van der Waals surface area contributed by atoms with Crippen molar-refractivity contribution >= 4 is 22.7 Å². The maximum atomic E-state index is 12.2. The Kier molecular flexibility index (Phi) is 25.1. The van der Waals surface area contributed by atoms with E-state index in [-0.39, 0.29) is 187 Å². The van der Waals surface area contributed by atoms with E-state index in [1.807, 2.05) is 38.1 Å². The number of aryl methyl sites for hydroxylation is 2. The third-order valence-corrected chi connectivity index (χ3v) is 7.96. The van der Waals surface area contributed by atoms with Gasteiger partial charge in [-0.15, -0.1) is 0 Å². The Labute approximate surface area is 434 Å². The summed E-state index contributed by atoms with van der Waals surface area (Å²) in [4.78, 5) is 24.5. The molecule has 0 unspecified atom stereocenters. The first-order chi connectivity index (χ1) is 25.2. The van der Waals surface area contributed by atoms with Crippen molar-refractivity contribution in [3.63, 3.8) is 0 Å². The molecular weight excluding hydrogens is 938 g/mol. The largest absolute Gasteiger partial charge is 1.00 e. The minimum absolute atomic E-state index is 0. The standard InChI is InChI=1S/C40H48O12.2Cs/c1-27-21-31(29-5-7-37(35(25-29)39(41)42)51-19-17-49-15-13-47-11-9-45-3)34-24-28(2)22-32(33(34)23-27)30-6-8-38(36(26-30)40(43)44)52-20-18-50-16-14-48-12-10-46-4;;/h5-8,21-26H,9-20H2,1-4H3,(H,41,42)(H,43,44);;/q;2*+1/p-2. The van der Waals surface area contributed by atoms with E-state index in [0.29, 0.717) is 64.0 Å². The van der Waals surface area contributed by atoms with Crippen LogP contribution >= 0.6 is 0 Å². The molecule has 0 saturated carbocycles. The Morgan fingerprint density at radius 2 is 0.815 bits per heavy atom. The van der Waals surface area contributed by atoms with E-state index < -0.39 is 11.9 Å². The number of carboxylic acids is 2. The van der Waals surface area contributed by atoms with Gasteiger partial charge in [-0.2, -0.15) is 0 Å². The molecule has 0 bridgehead atoms. The van der Waals surface area contributed by atoms with E-state index in [1.54, 1.807) is 50.6 Å². The Morgan fingerprint density at radius 3 is 1.15 bits per heavy atom. The molecule has 0 heterocycles. The van der Waals surface area contributed by atoms with Gasteiger partial charge in [0.25, 0.3) is 0 Å². The van der Waals surface area contributed by atoms with Crippen LogP contribution in [0.1, 0.15) is 31.8 Å². The Morgan fingerprint density at radius 1 is 0.481 bits per heavy atom. The zero-order chi connectivity index (χ0) is 37.3. The van der Waals surface area contributed by atoms with Gasteiger partial charge in [0.15, 0.2) is 0 Å². The maximum Gasteiger partial charge on any atom is 1.00 e. The molecule has 4 aromatic rings. The predicted molar refractivity (Wildman–Crippen MR) is 191 cm³/mol. The van der Waals surface area contributed by atoms with Crippen LogP contribution in [-0.2, 0) is 28.4 Å². The van der Waals surface area contributed by atoms with Crippen LogP contribution in [0.2, 0.25) is 0 Å². The van der Waals surface area contributed by atoms with Gasteiger partial charge in [-0.05, 0) is 82.3 Å². The van der Waals surface area contributed by atoms with Crippen molar-refractivity contribution in [1.82, 2.24) is 0 Å². The summed E-state index contributed by atoms with van der Waals surface area (Å²) in [6, 6.07) is 18.0. The van der Waals surface area contributed by atoms with Crippen LogP contribution in [0.3, 0.4) is 0 Å². The maximum absolute atomic E-state index is 12.2. The number of carbonyl (C=O) groups is 2. The van der Waals surface area contributed by atoms with Crippen molar-refractivity contribution < 1.29 is 195 Å². The number of ether oxygens (including phenoxy) is 8. The van der Waals surface area contributed by atoms with Gasteiger partial charge in [-0.25, -0.2) is 0 Å². The molecule has 0 radical (unpaired) electrons. The number of fused-ring (bicyclic) bond motifs is 1. The first kappa shape index (κ1) is 49.7. The van der Waals surface area contributed by atoms with Gasteiger partial charge >= 0.3 is 138 Å². The second-order valence-corrected chi connectivity index (χ2v) is 11.8. The third kappa shape index (κ3) is 15.7. The quantitative estimate of drug-likeness (QED) is 0.0692. The second kappa shape index (κ2) is 27.3. The van der Waals surface area contributed by atoms with E-state index in [1.165, 1.54) is 0 Å². The van der Waals surface area contributed by atoms with E-state index >= 15 is 0 Å². The van der Waals surface area contributed by atoms with Gasteiger partial charge < -0.3 is 57.7 Å². The number of rotatable bonds is 24. The number of methoxy groups -OCH3 is 2. The Bertz CT molecular complexity index is 1650. The molecule has 280 valence electrons. The van der Waals surface area contributed by atoms with Crippen molar-refractivity contribution in [2.75, 3.05) is 93.5 Å². The van der Waals surface area contributed by atoms with Crippen molar-refractivity contribution in [1.29, 1.82) is 0 Å². The summed E-state index contributed by atoms with van der Waals surface area (Å²) in [5.74, 6) is -2.39. The summed E-state index contributed by atoms with van der Waals surface area (Å²) in [6.07, 6.45) is 0. The molecule has 0 aliphatic heterocycles. The summed E-state index contributed by atoms with van der Waals surface area (Å²) in [5, 5.41) is 26.2. The molecule has 0 spiro atoms. The average molecular weight is 985 g/mol. The van der Waals surface area contributed by atoms with Crippen molar-refractivity contribution in [3.8, 4) is 33.8 Å². The van der Waals surface area contributed by atoms with Crippen LogP contribution in [0.25, 0.3) is 33.0 Å². The van der Waals surface area contributed by atoms with Crippen molar-refractivity contribution in [3.05, 3.63) is 82.9 Å². The van der Waals surface area contributed by atoms with Crippen LogP contribution in [0.5, 0.6) is 11.5 Å². The number of benzene rings is 4. The summed E-state index contributed by atoms with van der Waals surface area (Å²) in [7, 11) is 3.20. The van der Waals surface area contributed by atoms with Gasteiger partial charge in [0.2, 0.25) is 0 Å². The molecule has 0 N–H and O–H groups in total. The average Bonchev–Trinajstić information content (AvgIpc) is 3.13. The van der Waals surface area contributed by atoms with E-state index in [0.717, 1.165) is 33.0 Å². The summed E-state index contributed by atoms with van der Waals surface area (Å²) in [5.41, 5.74) is 4.60. The molecule has 4 aromatic carbocycles. The zero-order valence-electron chi connectivity index (χ0n) is 32.2. The number of hydrogen-bond acceptors (Lipinski definition) is 12. The van der Waals surface area contributed by atoms with Gasteiger partial charge in [-0.1, -0.05) is 36.4 Å². The monoisotopic (exact) mass is 984 g/mol. The van der Waals surface area contributed by atoms with E-state index in [2.05, 4.69) is 0 Å². The van der Waals surface area contributed by atoms with Gasteiger partial charge in [0.1, 0.15) is 24.7 Å². The molecule has 0 fully saturated rings. The molecule has 0 aromatic heterocycles. The first-order valence-electron chi connectivity index (χ1n) is 17.0. The first-order valence-corrected chi connectivity index (χ1v) is 17.0. The minimum atomic E-state index is -1.37. The van der Waals surface area contributed by atoms with Gasteiger partial charge in [0, 0.05) is 25.3 Å². The van der Waals surface area contributed by atoms with E-state index in [9.17, 15) is 19.8 Å². The molecule has 0 atom stereocenters.